The molecule has 3 rings (SSSR count). The number of halogens is 3. The smallest absolute Gasteiger partial charge is 0.444 e. The Morgan fingerprint density at radius 2 is 1.38 bits per heavy atom. The van der Waals surface area contributed by atoms with E-state index in [4.69, 9.17) is 14.2 Å². The maximum Gasteiger partial charge on any atom is 0.473 e. The second-order valence-electron chi connectivity index (χ2n) is 17.4. The van der Waals surface area contributed by atoms with Crippen LogP contribution in [0.4, 0.5) is 27.6 Å². The zero-order valence-electron chi connectivity index (χ0n) is 36.4. The Hall–Kier alpha value is -5.23. The molecule has 0 atom stereocenters. The molecule has 1 aliphatic heterocycles. The van der Waals surface area contributed by atoms with Gasteiger partial charge in [0.25, 0.3) is 0 Å². The number of alkyl halides is 3. The number of aliphatic imine (C=N–C) groups is 2. The number of nitrogens with one attached hydrogen (secondary N) is 2. The molecular weight excluding hydrogens is 788 g/mol. The Morgan fingerprint density at radius 1 is 0.783 bits per heavy atom. The van der Waals surface area contributed by atoms with Gasteiger partial charge >= 0.3 is 30.4 Å². The molecule has 4 amide bonds. The largest absolute Gasteiger partial charge is 0.473 e. The topological polar surface area (TPSA) is 183 Å². The number of imidazole rings is 1. The molecule has 60 heavy (non-hydrogen) atoms. The van der Waals surface area contributed by atoms with Gasteiger partial charge < -0.3 is 28.7 Å². The molecule has 0 radical (unpaired) electrons. The number of pyridine rings is 1. The van der Waals surface area contributed by atoms with Gasteiger partial charge in [-0.2, -0.15) is 18.2 Å². The maximum absolute atomic E-state index is 13.3. The van der Waals surface area contributed by atoms with Crippen LogP contribution in [0.1, 0.15) is 125 Å². The Bertz CT molecular complexity index is 1880. The number of carbonyl (C=O) groups is 4. The number of hydrogen-bond acceptors (Lipinski definition) is 9. The summed E-state index contributed by atoms with van der Waals surface area (Å²) in [5, 5.41) is 5.40. The standard InChI is InChI=1S/C41H62F3N9O7/c1-38(2,3)58-35(55)49-33(50-36(56)59-39(4,5)6)46-21-14-12-10-11-13-15-23-51-26-27-52(34(51)48-32(54)41(42,43)44)24-16-18-29-19-20-30(47-28-29)31-45-22-17-25-53(31)37(57)60-40(7,8)9/h19-20,26-28H,10-18,21-25H2,1-9H3,(H2,46,49,50,55,56)/b48-34-. The summed E-state index contributed by atoms with van der Waals surface area (Å²) in [6.45, 7) is 17.8. The number of guanidine groups is 1. The van der Waals surface area contributed by atoms with Crippen LogP contribution >= 0.6 is 0 Å². The number of carbonyl (C=O) groups excluding carboxylic acids is 4. The highest BCUT2D eigenvalue weighted by atomic mass is 19.4. The molecule has 0 spiro atoms. The van der Waals surface area contributed by atoms with Crippen LogP contribution in [0.5, 0.6) is 0 Å². The minimum Gasteiger partial charge on any atom is -0.444 e. The molecule has 3 heterocycles. The molecule has 2 N–H and O–H groups in total. The summed E-state index contributed by atoms with van der Waals surface area (Å²) in [6, 6.07) is 3.66. The molecular formula is C41H62F3N9O7. The highest BCUT2D eigenvalue weighted by Gasteiger charge is 2.39. The van der Waals surface area contributed by atoms with Crippen LogP contribution in [-0.4, -0.2) is 97.6 Å². The zero-order valence-corrected chi connectivity index (χ0v) is 36.4. The number of aromatic nitrogens is 3. The van der Waals surface area contributed by atoms with Crippen LogP contribution in [0, 0.1) is 0 Å². The SMILES string of the molecule is CC(C)(C)OC(=O)/N=C(/NCCCCCCCCn1ccn(CCCc2ccc(C3=NCCCN3C(=O)OC(C)(C)C)nc2)/c1=N\C(=O)C(F)(F)F)NC(=O)OC(C)(C)C. The highest BCUT2D eigenvalue weighted by Crippen LogP contribution is 2.18. The lowest BCUT2D eigenvalue weighted by Crippen LogP contribution is -2.44. The van der Waals surface area contributed by atoms with E-state index in [1.54, 1.807) is 96.1 Å². The van der Waals surface area contributed by atoms with E-state index >= 15 is 0 Å². The fourth-order valence-electron chi connectivity index (χ4n) is 5.78. The molecule has 19 heteroatoms. The van der Waals surface area contributed by atoms with Gasteiger partial charge in [-0.1, -0.05) is 31.7 Å². The second kappa shape index (κ2) is 21.9. The molecule has 1 aliphatic rings. The first-order valence-electron chi connectivity index (χ1n) is 20.4. The first-order valence-corrected chi connectivity index (χ1v) is 20.4. The van der Waals surface area contributed by atoms with Gasteiger partial charge in [0.1, 0.15) is 22.5 Å². The third-order valence-corrected chi connectivity index (χ3v) is 8.31. The molecule has 2 aromatic heterocycles. The Kier molecular flexibility index (Phi) is 17.9. The summed E-state index contributed by atoms with van der Waals surface area (Å²) < 4.78 is 59.0. The van der Waals surface area contributed by atoms with Crippen molar-refractivity contribution in [1.29, 1.82) is 0 Å². The summed E-state index contributed by atoms with van der Waals surface area (Å²) >= 11 is 0. The molecule has 0 aromatic carbocycles. The molecule has 0 saturated heterocycles. The molecule has 0 unspecified atom stereocenters. The maximum atomic E-state index is 13.3. The van der Waals surface area contributed by atoms with E-state index in [-0.39, 0.29) is 11.6 Å². The summed E-state index contributed by atoms with van der Waals surface area (Å²) in [4.78, 5) is 67.2. The summed E-state index contributed by atoms with van der Waals surface area (Å²) in [7, 11) is 0. The van der Waals surface area contributed by atoms with Gasteiger partial charge in [-0.05, 0) is 106 Å². The molecule has 2 aromatic rings. The van der Waals surface area contributed by atoms with Gasteiger partial charge in [0.2, 0.25) is 11.6 Å². The number of hydrogen-bond donors (Lipinski definition) is 2. The normalized spacial score (nSPS) is 14.4. The van der Waals surface area contributed by atoms with Crippen molar-refractivity contribution in [3.05, 3.63) is 47.6 Å². The Balaban J connectivity index is 1.52. The van der Waals surface area contributed by atoms with E-state index in [1.165, 1.54) is 4.90 Å². The van der Waals surface area contributed by atoms with E-state index in [9.17, 15) is 32.3 Å². The second-order valence-corrected chi connectivity index (χ2v) is 17.4. The Morgan fingerprint density at radius 3 is 1.97 bits per heavy atom. The fraction of sp³-hybridized carbons (Fsp3) is 0.659. The van der Waals surface area contributed by atoms with Gasteiger partial charge in [0, 0.05) is 51.3 Å². The van der Waals surface area contributed by atoms with Crippen molar-refractivity contribution in [3.8, 4) is 0 Å². The van der Waals surface area contributed by atoms with Crippen LogP contribution in [0.15, 0.2) is 45.7 Å². The summed E-state index contributed by atoms with van der Waals surface area (Å²) in [6.07, 6.45) is 4.17. The van der Waals surface area contributed by atoms with E-state index < -0.39 is 47.2 Å². The van der Waals surface area contributed by atoms with E-state index in [0.717, 1.165) is 31.2 Å². The molecule has 0 aliphatic carbocycles. The minimum atomic E-state index is -5.11. The number of aryl methyl sites for hydroxylation is 3. The van der Waals surface area contributed by atoms with Gasteiger partial charge in [-0.3, -0.25) is 25.0 Å². The first-order chi connectivity index (χ1) is 27.9. The van der Waals surface area contributed by atoms with Crippen molar-refractivity contribution in [3.63, 3.8) is 0 Å². The lowest BCUT2D eigenvalue weighted by molar-refractivity contribution is -0.169. The van der Waals surface area contributed by atoms with Gasteiger partial charge in [-0.15, -0.1) is 4.99 Å². The first kappa shape index (κ1) is 49.1. The predicted octanol–water partition coefficient (Wildman–Crippen LogP) is 7.44. The lowest BCUT2D eigenvalue weighted by atomic mass is 10.1. The molecule has 0 saturated carbocycles. The number of alkyl carbamates (subject to hydrolysis) is 1. The predicted molar refractivity (Wildman–Crippen MR) is 219 cm³/mol. The van der Waals surface area contributed by atoms with Crippen LogP contribution in [0.25, 0.3) is 0 Å². The third-order valence-electron chi connectivity index (χ3n) is 8.31. The average Bonchev–Trinajstić information content (AvgIpc) is 3.48. The Labute approximate surface area is 350 Å². The van der Waals surface area contributed by atoms with Gasteiger partial charge in [-0.25, -0.2) is 14.4 Å². The van der Waals surface area contributed by atoms with Crippen molar-refractivity contribution in [2.75, 3.05) is 19.6 Å². The van der Waals surface area contributed by atoms with Crippen LogP contribution in [-0.2, 0) is 38.5 Å². The summed E-state index contributed by atoms with van der Waals surface area (Å²) in [5.41, 5.74) is -0.842. The van der Waals surface area contributed by atoms with Crippen LogP contribution in [0.2, 0.25) is 0 Å². The van der Waals surface area contributed by atoms with E-state index in [1.807, 2.05) is 6.07 Å². The van der Waals surface area contributed by atoms with Crippen molar-refractivity contribution < 1.29 is 46.6 Å². The number of ether oxygens (including phenoxy) is 3. The molecule has 0 bridgehead atoms. The monoisotopic (exact) mass is 849 g/mol. The average molecular weight is 850 g/mol. The van der Waals surface area contributed by atoms with Gasteiger partial charge in [0.15, 0.2) is 5.84 Å². The fourth-order valence-corrected chi connectivity index (χ4v) is 5.78. The van der Waals surface area contributed by atoms with Crippen molar-refractivity contribution in [2.24, 2.45) is 15.0 Å². The highest BCUT2D eigenvalue weighted by molar-refractivity contribution is 6.05. The lowest BCUT2D eigenvalue weighted by Gasteiger charge is -2.30. The van der Waals surface area contributed by atoms with Crippen molar-refractivity contribution >= 4 is 36.0 Å². The number of nitrogens with zero attached hydrogens (tertiary/aromatic N) is 7. The number of unbranched alkanes of at least 4 members (excludes halogenated alkanes) is 5. The number of amidine groups is 1. The quantitative estimate of drug-likeness (QED) is 0.0845. The van der Waals surface area contributed by atoms with E-state index in [0.29, 0.717) is 76.4 Å². The van der Waals surface area contributed by atoms with Crippen LogP contribution < -0.4 is 16.3 Å². The summed E-state index contributed by atoms with van der Waals surface area (Å²) in [5.74, 6) is -1.81. The number of rotatable bonds is 14. The molecule has 0 fully saturated rings. The number of amides is 4. The van der Waals surface area contributed by atoms with Crippen LogP contribution in [0.3, 0.4) is 0 Å². The van der Waals surface area contributed by atoms with Gasteiger partial charge in [0.05, 0.1) is 0 Å². The third kappa shape index (κ3) is 18.4. The molecule has 334 valence electrons. The zero-order chi connectivity index (χ0) is 44.7. The molecule has 16 nitrogen and oxygen atoms in total. The van der Waals surface area contributed by atoms with E-state index in [2.05, 4.69) is 30.6 Å². The van der Waals surface area contributed by atoms with Crippen molar-refractivity contribution in [1.82, 2.24) is 29.7 Å². The minimum absolute atomic E-state index is 0.0711. The van der Waals surface area contributed by atoms with Crippen molar-refractivity contribution in [2.45, 2.75) is 156 Å².